The minimum Gasteiger partial charge on any atom is -0.309 e. The molecule has 1 N–H and O–H groups in total. The van der Waals surface area contributed by atoms with Gasteiger partial charge in [0.1, 0.15) is 23.3 Å². The highest BCUT2D eigenvalue weighted by Crippen LogP contribution is 2.34. The second-order valence-corrected chi connectivity index (χ2v) is 5.50. The number of hydrogen-bond donors (Lipinski definition) is 1. The fourth-order valence-corrected chi connectivity index (χ4v) is 2.53. The Morgan fingerprint density at radius 2 is 1.67 bits per heavy atom. The maximum Gasteiger partial charge on any atom is 0.148 e. The van der Waals surface area contributed by atoms with Crippen molar-refractivity contribution in [3.05, 3.63) is 68.2 Å². The summed E-state index contributed by atoms with van der Waals surface area (Å²) in [5, 5.41) is 2.41. The predicted octanol–water partition coefficient (Wildman–Crippen LogP) is 4.97. The van der Waals surface area contributed by atoms with Crippen molar-refractivity contribution < 1.29 is 17.6 Å². The van der Waals surface area contributed by atoms with Crippen LogP contribution < -0.4 is 5.32 Å². The molecule has 2 rings (SSSR count). The van der Waals surface area contributed by atoms with Gasteiger partial charge in [0.2, 0.25) is 0 Å². The van der Waals surface area contributed by atoms with E-state index in [1.54, 1.807) is 0 Å². The fraction of sp³-hybridized carbons (Fsp3) is 0.143. The Balaban J connectivity index is 2.64. The van der Waals surface area contributed by atoms with E-state index in [1.165, 1.54) is 19.2 Å². The first-order chi connectivity index (χ1) is 9.86. The largest absolute Gasteiger partial charge is 0.309 e. The van der Waals surface area contributed by atoms with Gasteiger partial charge in [-0.15, -0.1) is 0 Å². The summed E-state index contributed by atoms with van der Waals surface area (Å²) in [5.74, 6) is -4.07. The third kappa shape index (κ3) is 3.07. The van der Waals surface area contributed by atoms with Crippen LogP contribution in [0.15, 0.2) is 28.7 Å². The number of benzene rings is 2. The minimum absolute atomic E-state index is 0.0462. The molecule has 1 unspecified atom stereocenters. The minimum atomic E-state index is -1.14. The molecule has 0 aromatic heterocycles. The van der Waals surface area contributed by atoms with E-state index in [4.69, 9.17) is 11.6 Å². The van der Waals surface area contributed by atoms with Gasteiger partial charge < -0.3 is 5.32 Å². The van der Waals surface area contributed by atoms with E-state index in [-0.39, 0.29) is 10.6 Å². The molecule has 0 saturated carbocycles. The summed E-state index contributed by atoms with van der Waals surface area (Å²) in [6.45, 7) is 0. The maximum atomic E-state index is 14.2. The lowest BCUT2D eigenvalue weighted by atomic mass is 9.97. The zero-order valence-electron chi connectivity index (χ0n) is 10.7. The van der Waals surface area contributed by atoms with Crippen molar-refractivity contribution in [1.82, 2.24) is 5.32 Å². The Kier molecular flexibility index (Phi) is 4.91. The fourth-order valence-electron chi connectivity index (χ4n) is 2.05. The van der Waals surface area contributed by atoms with Crippen LogP contribution in [0.1, 0.15) is 17.2 Å². The van der Waals surface area contributed by atoms with Crippen molar-refractivity contribution in [3.8, 4) is 0 Å². The molecule has 2 aromatic carbocycles. The molecule has 1 atom stereocenters. The first-order valence-corrected chi connectivity index (χ1v) is 6.99. The smallest absolute Gasteiger partial charge is 0.148 e. The Bertz CT molecular complexity index is 670. The first-order valence-electron chi connectivity index (χ1n) is 5.82. The van der Waals surface area contributed by atoms with Crippen LogP contribution in [-0.4, -0.2) is 7.05 Å². The molecule has 0 aliphatic rings. The zero-order valence-corrected chi connectivity index (χ0v) is 13.0. The van der Waals surface area contributed by atoms with Crippen molar-refractivity contribution in [2.75, 3.05) is 7.05 Å². The quantitative estimate of drug-likeness (QED) is 0.584. The van der Waals surface area contributed by atoms with Gasteiger partial charge in [-0.25, -0.2) is 17.6 Å². The van der Waals surface area contributed by atoms with Crippen molar-refractivity contribution in [2.24, 2.45) is 0 Å². The lowest BCUT2D eigenvalue weighted by Gasteiger charge is -2.20. The van der Waals surface area contributed by atoms with Crippen LogP contribution in [0.25, 0.3) is 0 Å². The second-order valence-electron chi connectivity index (χ2n) is 4.27. The molecule has 2 aromatic rings. The highest BCUT2D eigenvalue weighted by Gasteiger charge is 2.25. The van der Waals surface area contributed by atoms with Crippen molar-refractivity contribution in [1.29, 1.82) is 0 Å². The molecule has 0 spiro atoms. The van der Waals surface area contributed by atoms with Crippen LogP contribution in [0, 0.1) is 23.3 Å². The van der Waals surface area contributed by atoms with E-state index < -0.39 is 34.9 Å². The Morgan fingerprint density at radius 3 is 2.19 bits per heavy atom. The van der Waals surface area contributed by atoms with Gasteiger partial charge in [-0.05, 0) is 29.0 Å². The summed E-state index contributed by atoms with van der Waals surface area (Å²) in [6, 6.07) is 2.75. The van der Waals surface area contributed by atoms with Gasteiger partial charge in [-0.2, -0.15) is 0 Å². The molecule has 0 heterocycles. The van der Waals surface area contributed by atoms with E-state index in [1.807, 2.05) is 0 Å². The number of rotatable bonds is 3. The molecule has 0 aliphatic carbocycles. The SMILES string of the molecule is CNC(c1ccc(Br)c(Cl)c1F)c1c(F)cc(F)cc1F. The Labute approximate surface area is 132 Å². The number of nitrogens with one attached hydrogen (secondary N) is 1. The average molecular weight is 383 g/mol. The molecule has 0 bridgehead atoms. The molecule has 0 aliphatic heterocycles. The van der Waals surface area contributed by atoms with Crippen LogP contribution in [0.2, 0.25) is 5.02 Å². The molecule has 21 heavy (non-hydrogen) atoms. The van der Waals surface area contributed by atoms with E-state index in [0.29, 0.717) is 16.6 Å². The zero-order chi connectivity index (χ0) is 15.7. The highest BCUT2D eigenvalue weighted by atomic mass is 79.9. The first kappa shape index (κ1) is 16.3. The lowest BCUT2D eigenvalue weighted by molar-refractivity contribution is 0.491. The van der Waals surface area contributed by atoms with Gasteiger partial charge in [-0.3, -0.25) is 0 Å². The monoisotopic (exact) mass is 381 g/mol. The maximum absolute atomic E-state index is 14.2. The molecule has 112 valence electrons. The molecule has 0 radical (unpaired) electrons. The predicted molar refractivity (Wildman–Crippen MR) is 76.3 cm³/mol. The molecule has 1 nitrogen and oxygen atoms in total. The van der Waals surface area contributed by atoms with Crippen molar-refractivity contribution >= 4 is 27.5 Å². The average Bonchev–Trinajstić information content (AvgIpc) is 2.41. The van der Waals surface area contributed by atoms with Gasteiger partial charge in [0.15, 0.2) is 0 Å². The summed E-state index contributed by atoms with van der Waals surface area (Å²) in [7, 11) is 1.41. The third-order valence-electron chi connectivity index (χ3n) is 3.00. The van der Waals surface area contributed by atoms with Gasteiger partial charge in [-0.1, -0.05) is 17.7 Å². The van der Waals surface area contributed by atoms with Crippen LogP contribution in [-0.2, 0) is 0 Å². The topological polar surface area (TPSA) is 12.0 Å². The molecule has 7 heteroatoms. The summed E-state index contributed by atoms with van der Waals surface area (Å²) in [5.41, 5.74) is -0.522. The van der Waals surface area contributed by atoms with E-state index >= 15 is 0 Å². The van der Waals surface area contributed by atoms with Crippen LogP contribution in [0.3, 0.4) is 0 Å². The van der Waals surface area contributed by atoms with Crippen molar-refractivity contribution in [3.63, 3.8) is 0 Å². The lowest BCUT2D eigenvalue weighted by Crippen LogP contribution is -2.22. The van der Waals surface area contributed by atoms with Crippen LogP contribution >= 0.6 is 27.5 Å². The summed E-state index contributed by atoms with van der Waals surface area (Å²) < 4.78 is 55.2. The summed E-state index contributed by atoms with van der Waals surface area (Å²) in [6.07, 6.45) is 0. The van der Waals surface area contributed by atoms with Gasteiger partial charge in [0, 0.05) is 27.7 Å². The van der Waals surface area contributed by atoms with Crippen LogP contribution in [0.4, 0.5) is 17.6 Å². The highest BCUT2D eigenvalue weighted by molar-refractivity contribution is 9.10. The molecular formula is C14H9BrClF4N. The summed E-state index contributed by atoms with van der Waals surface area (Å²) >= 11 is 8.83. The van der Waals surface area contributed by atoms with Gasteiger partial charge >= 0.3 is 0 Å². The Hall–Kier alpha value is -1.11. The van der Waals surface area contributed by atoms with Crippen LogP contribution in [0.5, 0.6) is 0 Å². The van der Waals surface area contributed by atoms with Crippen molar-refractivity contribution in [2.45, 2.75) is 6.04 Å². The number of hydrogen-bond acceptors (Lipinski definition) is 1. The third-order valence-corrected chi connectivity index (χ3v) is 4.26. The molecule has 0 saturated heterocycles. The van der Waals surface area contributed by atoms with Gasteiger partial charge in [0.25, 0.3) is 0 Å². The van der Waals surface area contributed by atoms with E-state index in [2.05, 4.69) is 21.2 Å². The molecule has 0 fully saturated rings. The normalized spacial score (nSPS) is 12.5. The van der Waals surface area contributed by atoms with Gasteiger partial charge in [0.05, 0.1) is 11.1 Å². The van der Waals surface area contributed by atoms with E-state index in [0.717, 1.165) is 0 Å². The molecular weight excluding hydrogens is 374 g/mol. The molecule has 0 amide bonds. The van der Waals surface area contributed by atoms with E-state index in [9.17, 15) is 17.6 Å². The number of halogens is 6. The Morgan fingerprint density at radius 1 is 1.10 bits per heavy atom. The summed E-state index contributed by atoms with van der Waals surface area (Å²) in [4.78, 5) is 0. The second kappa shape index (κ2) is 6.34. The standard InChI is InChI=1S/C14H9BrClF4N/c1-21-14(7-2-3-8(15)12(16)13(7)20)11-9(18)4-6(17)5-10(11)19/h2-5,14,21H,1H3.